The maximum absolute atomic E-state index is 10.5. The molecule has 1 aromatic rings. The van der Waals surface area contributed by atoms with Crippen LogP contribution >= 0.6 is 0 Å². The van der Waals surface area contributed by atoms with Gasteiger partial charge >= 0.3 is 5.97 Å². The maximum atomic E-state index is 10.5. The van der Waals surface area contributed by atoms with E-state index in [-0.39, 0.29) is 4.90 Å². The van der Waals surface area contributed by atoms with E-state index in [1.54, 1.807) is 19.1 Å². The van der Waals surface area contributed by atoms with E-state index in [1.807, 2.05) is 6.92 Å². The molecular formula is C11H17NO5S. The Balaban J connectivity index is 0.000000360. The molecule has 0 bridgehead atoms. The van der Waals surface area contributed by atoms with Crippen molar-refractivity contribution in [2.24, 2.45) is 5.73 Å². The number of carbonyl (C=O) groups is 1. The van der Waals surface area contributed by atoms with E-state index in [0.717, 1.165) is 5.56 Å². The Morgan fingerprint density at radius 1 is 1.33 bits per heavy atom. The number of aliphatic carboxylic acids is 1. The van der Waals surface area contributed by atoms with Crippen molar-refractivity contribution in [1.82, 2.24) is 0 Å². The highest BCUT2D eigenvalue weighted by molar-refractivity contribution is 7.85. The van der Waals surface area contributed by atoms with E-state index in [1.165, 1.54) is 12.1 Å². The summed E-state index contributed by atoms with van der Waals surface area (Å²) < 4.78 is 29.6. The van der Waals surface area contributed by atoms with Crippen molar-refractivity contribution in [1.29, 1.82) is 0 Å². The number of hydrogen-bond acceptors (Lipinski definition) is 4. The van der Waals surface area contributed by atoms with Crippen molar-refractivity contribution in [2.45, 2.75) is 31.2 Å². The van der Waals surface area contributed by atoms with Crippen molar-refractivity contribution in [3.05, 3.63) is 29.8 Å². The summed E-state index contributed by atoms with van der Waals surface area (Å²) in [5, 5.41) is 8.06. The topological polar surface area (TPSA) is 118 Å². The molecule has 0 aliphatic rings. The van der Waals surface area contributed by atoms with Gasteiger partial charge in [-0.15, -0.1) is 0 Å². The molecule has 0 fully saturated rings. The summed E-state index contributed by atoms with van der Waals surface area (Å²) in [5.74, 6) is -0.928. The van der Waals surface area contributed by atoms with E-state index in [4.69, 9.17) is 15.4 Å². The summed E-state index contributed by atoms with van der Waals surface area (Å²) in [7, 11) is -4.02. The second-order valence-electron chi connectivity index (χ2n) is 3.64. The molecule has 0 saturated heterocycles. The van der Waals surface area contributed by atoms with Gasteiger partial charge in [0.25, 0.3) is 10.1 Å². The zero-order valence-electron chi connectivity index (χ0n) is 10.2. The van der Waals surface area contributed by atoms with Crippen LogP contribution in [0.15, 0.2) is 29.2 Å². The van der Waals surface area contributed by atoms with Gasteiger partial charge in [0.2, 0.25) is 0 Å². The molecule has 0 heterocycles. The fourth-order valence-corrected chi connectivity index (χ4v) is 1.36. The van der Waals surface area contributed by atoms with Crippen molar-refractivity contribution >= 4 is 16.1 Å². The van der Waals surface area contributed by atoms with Crippen molar-refractivity contribution in [2.75, 3.05) is 0 Å². The minimum absolute atomic E-state index is 0.0666. The highest BCUT2D eigenvalue weighted by Crippen LogP contribution is 2.08. The monoisotopic (exact) mass is 275 g/mol. The number of nitrogens with two attached hydrogens (primary N) is 1. The summed E-state index contributed by atoms with van der Waals surface area (Å²) in [6.45, 7) is 3.58. The first kappa shape index (κ1) is 16.6. The Morgan fingerprint density at radius 3 is 2.00 bits per heavy atom. The molecule has 1 atom stereocenters. The van der Waals surface area contributed by atoms with Crippen LogP contribution in [0.4, 0.5) is 0 Å². The molecule has 0 saturated carbocycles. The third-order valence-corrected chi connectivity index (χ3v) is 2.94. The second kappa shape index (κ2) is 7.10. The van der Waals surface area contributed by atoms with Crippen molar-refractivity contribution < 1.29 is 22.9 Å². The average Bonchev–Trinajstić information content (AvgIpc) is 2.28. The van der Waals surface area contributed by atoms with Crippen LogP contribution in [-0.2, 0) is 14.9 Å². The van der Waals surface area contributed by atoms with Crippen LogP contribution in [0.2, 0.25) is 0 Å². The largest absolute Gasteiger partial charge is 0.480 e. The number of carboxylic acids is 1. The molecule has 1 aromatic carbocycles. The lowest BCUT2D eigenvalue weighted by molar-refractivity contribution is -0.138. The molecular weight excluding hydrogens is 258 g/mol. The summed E-state index contributed by atoms with van der Waals surface area (Å²) in [5.41, 5.74) is 5.97. The molecule has 1 unspecified atom stereocenters. The third-order valence-electron chi connectivity index (χ3n) is 2.08. The van der Waals surface area contributed by atoms with Gasteiger partial charge in [-0.1, -0.05) is 24.6 Å². The molecule has 7 heteroatoms. The van der Waals surface area contributed by atoms with Crippen LogP contribution < -0.4 is 5.73 Å². The first-order chi connectivity index (χ1) is 8.18. The van der Waals surface area contributed by atoms with Crippen LogP contribution in [0.5, 0.6) is 0 Å². The lowest BCUT2D eigenvalue weighted by Crippen LogP contribution is -2.28. The number of aryl methyl sites for hydroxylation is 1. The van der Waals surface area contributed by atoms with Gasteiger partial charge in [-0.3, -0.25) is 9.35 Å². The fraction of sp³-hybridized carbons (Fsp3) is 0.364. The number of carboxylic acid groups (broad SMARTS) is 1. The first-order valence-corrected chi connectivity index (χ1v) is 6.65. The van der Waals surface area contributed by atoms with Gasteiger partial charge in [0, 0.05) is 0 Å². The van der Waals surface area contributed by atoms with Gasteiger partial charge in [-0.05, 0) is 25.5 Å². The van der Waals surface area contributed by atoms with Crippen LogP contribution in [0.1, 0.15) is 18.9 Å². The van der Waals surface area contributed by atoms with E-state index >= 15 is 0 Å². The molecule has 0 aliphatic heterocycles. The van der Waals surface area contributed by atoms with Gasteiger partial charge in [0.05, 0.1) is 4.90 Å². The molecule has 102 valence electrons. The van der Waals surface area contributed by atoms with Gasteiger partial charge in [-0.25, -0.2) is 0 Å². The number of rotatable bonds is 3. The van der Waals surface area contributed by atoms with Crippen LogP contribution in [0.25, 0.3) is 0 Å². The molecule has 6 nitrogen and oxygen atoms in total. The van der Waals surface area contributed by atoms with Gasteiger partial charge < -0.3 is 10.8 Å². The Kier molecular flexibility index (Phi) is 6.53. The minimum atomic E-state index is -4.02. The summed E-state index contributed by atoms with van der Waals surface area (Å²) >= 11 is 0. The fourth-order valence-electron chi connectivity index (χ4n) is 0.885. The first-order valence-electron chi connectivity index (χ1n) is 5.21. The van der Waals surface area contributed by atoms with E-state index in [2.05, 4.69) is 0 Å². The van der Waals surface area contributed by atoms with Gasteiger partial charge in [0.1, 0.15) is 6.04 Å². The molecule has 1 rings (SSSR count). The minimum Gasteiger partial charge on any atom is -0.480 e. The third kappa shape index (κ3) is 6.33. The molecule has 0 spiro atoms. The lowest BCUT2D eigenvalue weighted by atomic mass is 10.2. The molecule has 0 aliphatic carbocycles. The summed E-state index contributed by atoms with van der Waals surface area (Å²) in [6.07, 6.45) is 0.495. The van der Waals surface area contributed by atoms with Crippen LogP contribution in [0, 0.1) is 6.92 Å². The molecule has 0 aromatic heterocycles. The molecule has 4 N–H and O–H groups in total. The van der Waals surface area contributed by atoms with E-state index < -0.39 is 22.1 Å². The van der Waals surface area contributed by atoms with Crippen LogP contribution in [0.3, 0.4) is 0 Å². The molecule has 0 radical (unpaired) electrons. The van der Waals surface area contributed by atoms with Crippen LogP contribution in [-0.4, -0.2) is 30.1 Å². The van der Waals surface area contributed by atoms with E-state index in [9.17, 15) is 13.2 Å². The average molecular weight is 275 g/mol. The quantitative estimate of drug-likeness (QED) is 0.710. The highest BCUT2D eigenvalue weighted by atomic mass is 32.2. The normalized spacial score (nSPS) is 12.2. The van der Waals surface area contributed by atoms with Gasteiger partial charge in [0.15, 0.2) is 0 Å². The Hall–Kier alpha value is -1.44. The molecule has 18 heavy (non-hydrogen) atoms. The van der Waals surface area contributed by atoms with E-state index in [0.29, 0.717) is 6.42 Å². The Bertz CT molecular complexity index is 481. The van der Waals surface area contributed by atoms with Gasteiger partial charge in [-0.2, -0.15) is 8.42 Å². The second-order valence-corrected chi connectivity index (χ2v) is 5.06. The predicted octanol–water partition coefficient (Wildman–Crippen LogP) is 1.05. The summed E-state index contributed by atoms with van der Waals surface area (Å²) in [6, 6.07) is 5.31. The Labute approximate surface area is 106 Å². The zero-order chi connectivity index (χ0) is 14.3. The highest BCUT2D eigenvalue weighted by Gasteiger charge is 2.07. The number of hydrogen-bond donors (Lipinski definition) is 3. The smallest absolute Gasteiger partial charge is 0.320 e. The predicted molar refractivity (Wildman–Crippen MR) is 66.9 cm³/mol. The maximum Gasteiger partial charge on any atom is 0.320 e. The zero-order valence-corrected chi connectivity index (χ0v) is 11.0. The van der Waals surface area contributed by atoms with Crippen molar-refractivity contribution in [3.63, 3.8) is 0 Å². The lowest BCUT2D eigenvalue weighted by Gasteiger charge is -1.97. The number of benzene rings is 1. The Morgan fingerprint density at radius 2 is 1.78 bits per heavy atom. The van der Waals surface area contributed by atoms with Crippen molar-refractivity contribution in [3.8, 4) is 0 Å². The summed E-state index contributed by atoms with van der Waals surface area (Å²) in [4.78, 5) is 9.74. The molecule has 0 amide bonds. The SMILES string of the molecule is CCC(N)C(=O)O.Cc1ccc(S(=O)(=O)O)cc1. The standard InChI is InChI=1S/C7H8O3S.C4H9NO2/c1-6-2-4-7(5-3-6)11(8,9)10;1-2-3(5)4(6)7/h2-5H,1H3,(H,8,9,10);3H,2,5H2,1H3,(H,6,7).